The fourth-order valence-corrected chi connectivity index (χ4v) is 3.35. The number of carbonyl (C=O) groups is 2. The maximum absolute atomic E-state index is 12.0. The van der Waals surface area contributed by atoms with Crippen molar-refractivity contribution in [2.75, 3.05) is 6.54 Å². The summed E-state index contributed by atoms with van der Waals surface area (Å²) in [6.45, 7) is 0.354. The number of para-hydroxylation sites is 1. The molecule has 164 valence electrons. The molecule has 8 nitrogen and oxygen atoms in total. The summed E-state index contributed by atoms with van der Waals surface area (Å²) in [6.07, 6.45) is 2.50. The lowest BCUT2D eigenvalue weighted by Crippen LogP contribution is -2.10. The first-order valence-corrected chi connectivity index (χ1v) is 10.4. The Morgan fingerprint density at radius 2 is 1.73 bits per heavy atom. The number of hydrogen-bond donors (Lipinski definition) is 2. The van der Waals surface area contributed by atoms with E-state index in [0.717, 1.165) is 16.5 Å². The molecule has 3 aromatic carbocycles. The van der Waals surface area contributed by atoms with Crippen molar-refractivity contribution >= 4 is 34.3 Å². The van der Waals surface area contributed by atoms with Crippen molar-refractivity contribution in [1.82, 2.24) is 9.90 Å². The van der Waals surface area contributed by atoms with Crippen molar-refractivity contribution in [3.8, 4) is 11.5 Å². The van der Waals surface area contributed by atoms with Crippen LogP contribution in [0.2, 0.25) is 5.02 Å². The van der Waals surface area contributed by atoms with Crippen LogP contribution >= 0.6 is 11.6 Å². The Kier molecular flexibility index (Phi) is 6.59. The van der Waals surface area contributed by atoms with Crippen LogP contribution in [0.1, 0.15) is 26.3 Å². The van der Waals surface area contributed by atoms with Gasteiger partial charge in [-0.2, -0.15) is 0 Å². The molecule has 0 saturated heterocycles. The number of nitrogens with two attached hydrogens (primary N) is 1. The fourth-order valence-electron chi connectivity index (χ4n) is 3.23. The van der Waals surface area contributed by atoms with Gasteiger partial charge >= 0.3 is 5.91 Å². The van der Waals surface area contributed by atoms with Crippen molar-refractivity contribution in [3.63, 3.8) is 0 Å². The number of nitrogens with zero attached hydrogens (tertiary/aromatic N) is 3. The maximum atomic E-state index is 12.0. The number of nitrogens with one attached hydrogen (secondary N) is 1. The number of amides is 2. The first-order chi connectivity index (χ1) is 16.0. The minimum absolute atomic E-state index is 0.295. The molecule has 4 aromatic rings. The number of aromatic nitrogens is 1. The predicted octanol–water partition coefficient (Wildman–Crippen LogP) is 5.07. The highest BCUT2D eigenvalue weighted by Crippen LogP contribution is 2.31. The SMILES string of the molecule is NC(=O)c1ccc(C(=O)N=[N+]=NCCc2c[nH]c3c(Oc4ccc(Cl)cc4)cccc23)cc1. The van der Waals surface area contributed by atoms with Crippen LogP contribution < -0.4 is 15.4 Å². The van der Waals surface area contributed by atoms with E-state index in [1.807, 2.05) is 36.5 Å². The molecule has 4 rings (SSSR count). The third kappa shape index (κ3) is 5.33. The summed E-state index contributed by atoms with van der Waals surface area (Å²) in [5.41, 5.74) is 7.70. The summed E-state index contributed by atoms with van der Waals surface area (Å²) in [4.78, 5) is 30.0. The Hall–Kier alpha value is -4.26. The van der Waals surface area contributed by atoms with E-state index in [0.29, 0.717) is 40.6 Å². The molecular weight excluding hydrogens is 442 g/mol. The van der Waals surface area contributed by atoms with Gasteiger partial charge in [0.15, 0.2) is 5.75 Å². The van der Waals surface area contributed by atoms with E-state index in [2.05, 4.69) is 20.1 Å². The molecule has 9 heteroatoms. The average Bonchev–Trinajstić information content (AvgIpc) is 3.24. The first kappa shape index (κ1) is 22.0. The maximum Gasteiger partial charge on any atom is 0.360 e. The smallest absolute Gasteiger partial charge is 0.360 e. The molecule has 3 N–H and O–H groups in total. The number of halogens is 1. The van der Waals surface area contributed by atoms with Crippen LogP contribution in [-0.4, -0.2) is 23.3 Å². The molecule has 1 heterocycles. The highest BCUT2D eigenvalue weighted by molar-refractivity contribution is 6.30. The average molecular weight is 461 g/mol. The molecule has 0 aliphatic rings. The van der Waals surface area contributed by atoms with Gasteiger partial charge in [-0.3, -0.25) is 9.59 Å². The molecule has 0 unspecified atom stereocenters. The quantitative estimate of drug-likeness (QED) is 0.295. The highest BCUT2D eigenvalue weighted by Gasteiger charge is 2.12. The Morgan fingerprint density at radius 1 is 1.00 bits per heavy atom. The molecule has 0 aliphatic carbocycles. The standard InChI is InChI=1S/C24H18ClN5O3/c25-18-8-10-19(11-9-18)33-21-3-1-2-20-17(14-27-22(20)21)12-13-28-30-29-24(32)16-6-4-15(5-7-16)23(26)31/h1-11,14,27H,12-13H2,(H-,26,31)/p+1. The lowest BCUT2D eigenvalue weighted by atomic mass is 10.1. The fraction of sp³-hybridized carbons (Fsp3) is 0.0833. The number of hydrogen-bond acceptors (Lipinski definition) is 4. The van der Waals surface area contributed by atoms with E-state index >= 15 is 0 Å². The van der Waals surface area contributed by atoms with Crippen LogP contribution in [0.25, 0.3) is 10.9 Å². The number of primary amides is 1. The van der Waals surface area contributed by atoms with Gasteiger partial charge in [-0.05, 0) is 60.2 Å². The summed E-state index contributed by atoms with van der Waals surface area (Å²) < 4.78 is 5.98. The van der Waals surface area contributed by atoms with Crippen LogP contribution in [0.15, 0.2) is 83.2 Å². The van der Waals surface area contributed by atoms with Crippen LogP contribution in [0.4, 0.5) is 0 Å². The van der Waals surface area contributed by atoms with Gasteiger partial charge in [0.1, 0.15) is 17.4 Å². The number of H-pyrrole nitrogens is 1. The Morgan fingerprint density at radius 3 is 2.45 bits per heavy atom. The van der Waals surface area contributed by atoms with E-state index < -0.39 is 11.8 Å². The normalized spacial score (nSPS) is 10.5. The predicted molar refractivity (Wildman–Crippen MR) is 125 cm³/mol. The molecule has 0 fully saturated rings. The van der Waals surface area contributed by atoms with E-state index in [4.69, 9.17) is 22.1 Å². The van der Waals surface area contributed by atoms with Gasteiger partial charge in [0, 0.05) is 34.2 Å². The largest absolute Gasteiger partial charge is 0.455 e. The topological polar surface area (TPSA) is 124 Å². The van der Waals surface area contributed by atoms with Gasteiger partial charge in [0.05, 0.1) is 5.52 Å². The number of ether oxygens (including phenoxy) is 1. The van der Waals surface area contributed by atoms with Crippen LogP contribution in [0, 0.1) is 0 Å². The first-order valence-electron chi connectivity index (χ1n) is 10.1. The van der Waals surface area contributed by atoms with Gasteiger partial charge in [-0.1, -0.05) is 23.7 Å². The molecule has 1 aromatic heterocycles. The summed E-state index contributed by atoms with van der Waals surface area (Å²) >= 11 is 5.93. The molecule has 33 heavy (non-hydrogen) atoms. The molecule has 0 saturated carbocycles. The van der Waals surface area contributed by atoms with E-state index in [-0.39, 0.29) is 0 Å². The van der Waals surface area contributed by atoms with Gasteiger partial charge < -0.3 is 15.5 Å². The van der Waals surface area contributed by atoms with Crippen LogP contribution in [0.3, 0.4) is 0 Å². The molecule has 0 atom stereocenters. The second-order valence-corrected chi connectivity index (χ2v) is 7.54. The lowest BCUT2D eigenvalue weighted by Gasteiger charge is -2.07. The minimum Gasteiger partial charge on any atom is -0.455 e. The molecule has 0 spiro atoms. The Labute approximate surface area is 193 Å². The number of rotatable bonds is 7. The van der Waals surface area contributed by atoms with Crippen molar-refractivity contribution in [3.05, 3.63) is 94.6 Å². The highest BCUT2D eigenvalue weighted by atomic mass is 35.5. The van der Waals surface area contributed by atoms with Crippen LogP contribution in [-0.2, 0) is 6.42 Å². The zero-order chi connectivity index (χ0) is 23.2. The van der Waals surface area contributed by atoms with Crippen LogP contribution in [0.5, 0.6) is 11.5 Å². The van der Waals surface area contributed by atoms with Crippen molar-refractivity contribution in [2.24, 2.45) is 16.0 Å². The Balaban J connectivity index is 1.40. The zero-order valence-electron chi connectivity index (χ0n) is 17.4. The molecule has 0 radical (unpaired) electrons. The molecule has 0 aliphatic heterocycles. The summed E-state index contributed by atoms with van der Waals surface area (Å²) in [5, 5.41) is 9.21. The third-order valence-electron chi connectivity index (χ3n) is 4.90. The van der Waals surface area contributed by atoms with Gasteiger partial charge in [0.2, 0.25) is 15.9 Å². The van der Waals surface area contributed by atoms with E-state index in [9.17, 15) is 9.59 Å². The second kappa shape index (κ2) is 9.91. The lowest BCUT2D eigenvalue weighted by molar-refractivity contribution is 0.0984. The summed E-state index contributed by atoms with van der Waals surface area (Å²) in [7, 11) is 0. The number of fused-ring (bicyclic) bond motifs is 1. The zero-order valence-corrected chi connectivity index (χ0v) is 18.1. The van der Waals surface area contributed by atoms with Gasteiger partial charge in [-0.25, -0.2) is 0 Å². The van der Waals surface area contributed by atoms with Crippen molar-refractivity contribution in [1.29, 1.82) is 0 Å². The second-order valence-electron chi connectivity index (χ2n) is 7.10. The number of carbonyl (C=O) groups excluding carboxylic acids is 2. The Bertz CT molecular complexity index is 1370. The minimum atomic E-state index is -0.563. The van der Waals surface area contributed by atoms with E-state index in [1.54, 1.807) is 12.1 Å². The number of benzene rings is 3. The number of aromatic amines is 1. The molecule has 2 amide bonds. The summed E-state index contributed by atoms with van der Waals surface area (Å²) in [5.74, 6) is 0.274. The van der Waals surface area contributed by atoms with Crippen molar-refractivity contribution < 1.29 is 14.3 Å². The van der Waals surface area contributed by atoms with Crippen molar-refractivity contribution in [2.45, 2.75) is 6.42 Å². The van der Waals surface area contributed by atoms with Gasteiger partial charge in [0.25, 0.3) is 0 Å². The monoisotopic (exact) mass is 460 g/mol. The van der Waals surface area contributed by atoms with Gasteiger partial charge in [-0.15, -0.1) is 0 Å². The van der Waals surface area contributed by atoms with E-state index in [1.165, 1.54) is 24.3 Å². The third-order valence-corrected chi connectivity index (χ3v) is 5.15. The molecular formula is C24H19ClN5O3+. The summed E-state index contributed by atoms with van der Waals surface area (Å²) in [6, 6.07) is 18.8. The molecule has 0 bridgehead atoms.